The van der Waals surface area contributed by atoms with Gasteiger partial charge in [-0.3, -0.25) is 0 Å². The standard InChI is InChI=1S/C15H15BrN2OS/c1-19-14-5-3-2-4-10(14)9-18-11-6-7-12(15(17)20)13(16)8-11/h2-8,18H,9H2,1H3,(H2,17,20). The van der Waals surface area contributed by atoms with E-state index < -0.39 is 0 Å². The number of hydrogen-bond donors (Lipinski definition) is 2. The molecular weight excluding hydrogens is 336 g/mol. The fourth-order valence-electron chi connectivity index (χ4n) is 1.87. The molecule has 0 aromatic heterocycles. The average Bonchev–Trinajstić information content (AvgIpc) is 2.45. The fourth-order valence-corrected chi connectivity index (χ4v) is 2.77. The van der Waals surface area contributed by atoms with Crippen molar-refractivity contribution in [1.82, 2.24) is 0 Å². The minimum Gasteiger partial charge on any atom is -0.496 e. The summed E-state index contributed by atoms with van der Waals surface area (Å²) in [5, 5.41) is 3.35. The van der Waals surface area contributed by atoms with Gasteiger partial charge < -0.3 is 15.8 Å². The van der Waals surface area contributed by atoms with Gasteiger partial charge in [-0.25, -0.2) is 0 Å². The summed E-state index contributed by atoms with van der Waals surface area (Å²) in [4.78, 5) is 0.383. The number of anilines is 1. The van der Waals surface area contributed by atoms with Crippen LogP contribution in [0.25, 0.3) is 0 Å². The molecule has 0 unspecified atom stereocenters. The zero-order chi connectivity index (χ0) is 14.5. The third-order valence-corrected chi connectivity index (χ3v) is 3.79. The Kier molecular flexibility index (Phi) is 4.98. The SMILES string of the molecule is COc1ccccc1CNc1ccc(C(N)=S)c(Br)c1. The summed E-state index contributed by atoms with van der Waals surface area (Å²) < 4.78 is 6.21. The fraction of sp³-hybridized carbons (Fsp3) is 0.133. The van der Waals surface area contributed by atoms with E-state index in [1.54, 1.807) is 7.11 Å². The number of thiocarbonyl (C=S) groups is 1. The average molecular weight is 351 g/mol. The lowest BCUT2D eigenvalue weighted by molar-refractivity contribution is 0.410. The molecule has 0 aliphatic heterocycles. The van der Waals surface area contributed by atoms with Crippen molar-refractivity contribution in [3.8, 4) is 5.75 Å². The smallest absolute Gasteiger partial charge is 0.123 e. The topological polar surface area (TPSA) is 47.3 Å². The molecule has 104 valence electrons. The molecule has 2 aromatic carbocycles. The molecular formula is C15H15BrN2OS. The molecule has 5 heteroatoms. The number of nitrogens with two attached hydrogens (primary N) is 1. The molecule has 2 rings (SSSR count). The molecule has 3 nitrogen and oxygen atoms in total. The van der Waals surface area contributed by atoms with E-state index in [9.17, 15) is 0 Å². The highest BCUT2D eigenvalue weighted by molar-refractivity contribution is 9.10. The Morgan fingerprint density at radius 3 is 2.70 bits per heavy atom. The van der Waals surface area contributed by atoms with Gasteiger partial charge in [-0.15, -0.1) is 0 Å². The second-order valence-electron chi connectivity index (χ2n) is 4.22. The lowest BCUT2D eigenvalue weighted by Gasteiger charge is -2.11. The number of rotatable bonds is 5. The predicted molar refractivity (Wildman–Crippen MR) is 90.4 cm³/mol. The first-order chi connectivity index (χ1) is 9.61. The zero-order valence-corrected chi connectivity index (χ0v) is 13.4. The zero-order valence-electron chi connectivity index (χ0n) is 11.0. The first kappa shape index (κ1) is 14.8. The molecule has 0 bridgehead atoms. The highest BCUT2D eigenvalue weighted by atomic mass is 79.9. The number of hydrogen-bond acceptors (Lipinski definition) is 3. The van der Waals surface area contributed by atoms with Crippen molar-refractivity contribution in [1.29, 1.82) is 0 Å². The number of benzene rings is 2. The van der Waals surface area contributed by atoms with E-state index in [1.807, 2.05) is 42.5 Å². The van der Waals surface area contributed by atoms with Gasteiger partial charge in [-0.2, -0.15) is 0 Å². The monoisotopic (exact) mass is 350 g/mol. The maximum atomic E-state index is 5.63. The quantitative estimate of drug-likeness (QED) is 0.807. The van der Waals surface area contributed by atoms with Gasteiger partial charge in [0.1, 0.15) is 10.7 Å². The summed E-state index contributed by atoms with van der Waals surface area (Å²) in [6, 6.07) is 13.7. The lowest BCUT2D eigenvalue weighted by atomic mass is 10.1. The molecule has 0 aliphatic rings. The third-order valence-electron chi connectivity index (χ3n) is 2.91. The van der Waals surface area contributed by atoms with Crippen molar-refractivity contribution < 1.29 is 4.74 Å². The van der Waals surface area contributed by atoms with Crippen LogP contribution in [0.5, 0.6) is 5.75 Å². The van der Waals surface area contributed by atoms with Crippen LogP contribution in [0.3, 0.4) is 0 Å². The van der Waals surface area contributed by atoms with E-state index in [0.717, 1.165) is 27.0 Å². The number of nitrogens with one attached hydrogen (secondary N) is 1. The molecule has 0 amide bonds. The Balaban J connectivity index is 2.11. The van der Waals surface area contributed by atoms with E-state index in [1.165, 1.54) is 0 Å². The Morgan fingerprint density at radius 2 is 2.05 bits per heavy atom. The van der Waals surface area contributed by atoms with E-state index in [4.69, 9.17) is 22.7 Å². The molecule has 20 heavy (non-hydrogen) atoms. The van der Waals surface area contributed by atoms with Gasteiger partial charge in [0.2, 0.25) is 0 Å². The molecule has 0 heterocycles. The lowest BCUT2D eigenvalue weighted by Crippen LogP contribution is -2.10. The number of para-hydroxylation sites is 1. The largest absolute Gasteiger partial charge is 0.496 e. The Hall–Kier alpha value is -1.59. The van der Waals surface area contributed by atoms with Crippen LogP contribution in [0, 0.1) is 0 Å². The Labute approximate surface area is 132 Å². The highest BCUT2D eigenvalue weighted by Crippen LogP contribution is 2.23. The Bertz CT molecular complexity index is 631. The van der Waals surface area contributed by atoms with E-state index in [2.05, 4.69) is 21.2 Å². The molecule has 0 atom stereocenters. The molecule has 3 N–H and O–H groups in total. The van der Waals surface area contributed by atoms with Crippen LogP contribution < -0.4 is 15.8 Å². The Morgan fingerprint density at radius 1 is 1.30 bits per heavy atom. The van der Waals surface area contributed by atoms with Crippen LogP contribution in [0.2, 0.25) is 0 Å². The van der Waals surface area contributed by atoms with Gasteiger partial charge in [0.25, 0.3) is 0 Å². The van der Waals surface area contributed by atoms with Crippen molar-refractivity contribution in [3.05, 3.63) is 58.1 Å². The summed E-state index contributed by atoms with van der Waals surface area (Å²) in [5.41, 5.74) is 8.56. The predicted octanol–water partition coefficient (Wildman–Crippen LogP) is 3.70. The maximum Gasteiger partial charge on any atom is 0.123 e. The summed E-state index contributed by atoms with van der Waals surface area (Å²) in [7, 11) is 1.67. The second kappa shape index (κ2) is 6.72. The van der Waals surface area contributed by atoms with Crippen molar-refractivity contribution in [2.45, 2.75) is 6.54 Å². The van der Waals surface area contributed by atoms with Crippen LogP contribution in [-0.2, 0) is 6.54 Å². The van der Waals surface area contributed by atoms with Crippen LogP contribution in [-0.4, -0.2) is 12.1 Å². The molecule has 0 radical (unpaired) electrons. The summed E-state index contributed by atoms with van der Waals surface area (Å²) in [5.74, 6) is 0.874. The van der Waals surface area contributed by atoms with Gasteiger partial charge in [0.15, 0.2) is 0 Å². The van der Waals surface area contributed by atoms with Crippen LogP contribution >= 0.6 is 28.1 Å². The van der Waals surface area contributed by atoms with Crippen molar-refractivity contribution in [2.75, 3.05) is 12.4 Å². The van der Waals surface area contributed by atoms with Gasteiger partial charge in [0, 0.05) is 27.8 Å². The van der Waals surface area contributed by atoms with Crippen LogP contribution in [0.15, 0.2) is 46.9 Å². The molecule has 0 saturated heterocycles. The van der Waals surface area contributed by atoms with Gasteiger partial charge in [0.05, 0.1) is 7.11 Å². The van der Waals surface area contributed by atoms with Gasteiger partial charge in [-0.1, -0.05) is 30.4 Å². The minimum absolute atomic E-state index is 0.383. The van der Waals surface area contributed by atoms with Crippen LogP contribution in [0.1, 0.15) is 11.1 Å². The number of ether oxygens (including phenoxy) is 1. The first-order valence-corrected chi connectivity index (χ1v) is 7.27. The van der Waals surface area contributed by atoms with Gasteiger partial charge in [-0.05, 0) is 40.2 Å². The van der Waals surface area contributed by atoms with Gasteiger partial charge >= 0.3 is 0 Å². The molecule has 0 aliphatic carbocycles. The highest BCUT2D eigenvalue weighted by Gasteiger charge is 2.05. The molecule has 0 saturated carbocycles. The van der Waals surface area contributed by atoms with E-state index in [0.29, 0.717) is 11.5 Å². The molecule has 0 fully saturated rings. The molecule has 2 aromatic rings. The number of methoxy groups -OCH3 is 1. The summed E-state index contributed by atoms with van der Waals surface area (Å²) in [6.45, 7) is 0.683. The summed E-state index contributed by atoms with van der Waals surface area (Å²) >= 11 is 8.45. The first-order valence-electron chi connectivity index (χ1n) is 6.07. The third kappa shape index (κ3) is 3.49. The number of halogens is 1. The van der Waals surface area contributed by atoms with Crippen molar-refractivity contribution >= 4 is 38.8 Å². The van der Waals surface area contributed by atoms with E-state index in [-0.39, 0.29) is 0 Å². The normalized spacial score (nSPS) is 10.1. The maximum absolute atomic E-state index is 5.63. The summed E-state index contributed by atoms with van der Waals surface area (Å²) in [6.07, 6.45) is 0. The van der Waals surface area contributed by atoms with Crippen LogP contribution in [0.4, 0.5) is 5.69 Å². The minimum atomic E-state index is 0.383. The second-order valence-corrected chi connectivity index (χ2v) is 5.52. The molecule has 0 spiro atoms. The van der Waals surface area contributed by atoms with Crippen molar-refractivity contribution in [3.63, 3.8) is 0 Å². The van der Waals surface area contributed by atoms with Crippen molar-refractivity contribution in [2.24, 2.45) is 5.73 Å². The van der Waals surface area contributed by atoms with E-state index >= 15 is 0 Å².